The maximum absolute atomic E-state index is 12.9. The molecule has 2 aromatic rings. The van der Waals surface area contributed by atoms with Crippen molar-refractivity contribution in [2.24, 2.45) is 0 Å². The highest BCUT2D eigenvalue weighted by Crippen LogP contribution is 2.29. The predicted molar refractivity (Wildman–Crippen MR) is 102 cm³/mol. The Balaban J connectivity index is 1.80. The van der Waals surface area contributed by atoms with Gasteiger partial charge in [-0.05, 0) is 50.3 Å². The van der Waals surface area contributed by atoms with Crippen LogP contribution in [0.4, 0.5) is 5.69 Å². The van der Waals surface area contributed by atoms with E-state index >= 15 is 0 Å². The van der Waals surface area contributed by atoms with Crippen LogP contribution in [0, 0.1) is 0 Å². The highest BCUT2D eigenvalue weighted by atomic mass is 32.2. The summed E-state index contributed by atoms with van der Waals surface area (Å²) in [6, 6.07) is 14.0. The van der Waals surface area contributed by atoms with Crippen LogP contribution in [0.2, 0.25) is 0 Å². The zero-order valence-electron chi connectivity index (χ0n) is 15.0. The van der Waals surface area contributed by atoms with Crippen LogP contribution < -0.4 is 9.62 Å². The van der Waals surface area contributed by atoms with E-state index in [0.717, 1.165) is 17.7 Å². The quantitative estimate of drug-likeness (QED) is 0.837. The number of sulfonamides is 1. The average molecular weight is 373 g/mol. The molecule has 138 valence electrons. The van der Waals surface area contributed by atoms with Crippen molar-refractivity contribution in [2.45, 2.75) is 11.3 Å². The Morgan fingerprint density at radius 2 is 1.92 bits per heavy atom. The van der Waals surface area contributed by atoms with Crippen molar-refractivity contribution in [3.63, 3.8) is 0 Å². The number of amides is 1. The van der Waals surface area contributed by atoms with Crippen LogP contribution in [0.1, 0.15) is 15.9 Å². The average Bonchev–Trinajstić information content (AvgIpc) is 3.05. The molecule has 0 fully saturated rings. The summed E-state index contributed by atoms with van der Waals surface area (Å²) in [5.41, 5.74) is 2.40. The maximum Gasteiger partial charge on any atom is 0.258 e. The molecule has 0 aromatic heterocycles. The van der Waals surface area contributed by atoms with Crippen LogP contribution in [0.5, 0.6) is 0 Å². The van der Waals surface area contributed by atoms with E-state index in [1.54, 1.807) is 17.0 Å². The van der Waals surface area contributed by atoms with Crippen LogP contribution in [0.3, 0.4) is 0 Å². The van der Waals surface area contributed by atoms with Gasteiger partial charge in [-0.1, -0.05) is 24.3 Å². The molecular formula is C19H23N3O3S. The maximum atomic E-state index is 12.9. The number of rotatable bonds is 6. The number of nitrogens with zero attached hydrogens (tertiary/aromatic N) is 2. The molecule has 0 aliphatic carbocycles. The molecule has 1 amide bonds. The van der Waals surface area contributed by atoms with E-state index in [4.69, 9.17) is 0 Å². The number of fused-ring (bicyclic) bond motifs is 1. The van der Waals surface area contributed by atoms with Crippen LogP contribution in [-0.4, -0.2) is 53.0 Å². The Kier molecular flexibility index (Phi) is 5.41. The van der Waals surface area contributed by atoms with Gasteiger partial charge >= 0.3 is 0 Å². The highest BCUT2D eigenvalue weighted by Gasteiger charge is 2.26. The van der Waals surface area contributed by atoms with Gasteiger partial charge in [-0.2, -0.15) is 0 Å². The van der Waals surface area contributed by atoms with Crippen molar-refractivity contribution in [1.82, 2.24) is 9.62 Å². The summed E-state index contributed by atoms with van der Waals surface area (Å²) in [6.45, 7) is 1.52. The minimum atomic E-state index is -3.64. The molecule has 7 heteroatoms. The van der Waals surface area contributed by atoms with Crippen molar-refractivity contribution >= 4 is 21.6 Å². The number of likely N-dealkylation sites (N-methyl/N-ethyl adjacent to an activating group) is 1. The molecule has 26 heavy (non-hydrogen) atoms. The number of hydrogen-bond donors (Lipinski definition) is 1. The van der Waals surface area contributed by atoms with Crippen LogP contribution in [0.15, 0.2) is 53.4 Å². The molecule has 0 spiro atoms. The molecular weight excluding hydrogens is 350 g/mol. The number of carbonyl (C=O) groups excluding carboxylic acids is 1. The second-order valence-electron chi connectivity index (χ2n) is 6.56. The van der Waals surface area contributed by atoms with Gasteiger partial charge in [-0.15, -0.1) is 0 Å². The third-order valence-corrected chi connectivity index (χ3v) is 5.83. The first kappa shape index (κ1) is 18.6. The molecule has 0 radical (unpaired) electrons. The summed E-state index contributed by atoms with van der Waals surface area (Å²) in [4.78, 5) is 16.6. The Hall–Kier alpha value is -2.22. The molecule has 0 atom stereocenters. The van der Waals surface area contributed by atoms with Crippen molar-refractivity contribution in [2.75, 3.05) is 38.6 Å². The molecule has 0 saturated heterocycles. The third kappa shape index (κ3) is 3.95. The lowest BCUT2D eigenvalue weighted by atomic mass is 10.1. The molecule has 0 unspecified atom stereocenters. The first-order valence-electron chi connectivity index (χ1n) is 8.53. The SMILES string of the molecule is CN(C)CCNS(=O)(=O)c1cccc(C(=O)N2CCc3ccccc32)c1. The Morgan fingerprint density at radius 1 is 1.15 bits per heavy atom. The molecule has 3 rings (SSSR count). The first-order chi connectivity index (χ1) is 12.4. The van der Waals surface area contributed by atoms with Gasteiger partial charge in [0.2, 0.25) is 10.0 Å². The standard InChI is InChI=1S/C19H23N3O3S/c1-21(2)13-11-20-26(24,25)17-8-5-7-16(14-17)19(23)22-12-10-15-6-3-4-9-18(15)22/h3-9,14,20H,10-13H2,1-2H3. The van der Waals surface area contributed by atoms with Gasteiger partial charge in [0.15, 0.2) is 0 Å². The van der Waals surface area contributed by atoms with Crippen molar-refractivity contribution < 1.29 is 13.2 Å². The van der Waals surface area contributed by atoms with Crippen LogP contribution >= 0.6 is 0 Å². The molecule has 1 aliphatic heterocycles. The van der Waals surface area contributed by atoms with Gasteiger partial charge in [-0.3, -0.25) is 4.79 Å². The van der Waals surface area contributed by atoms with E-state index in [9.17, 15) is 13.2 Å². The zero-order chi connectivity index (χ0) is 18.7. The van der Waals surface area contributed by atoms with Crippen molar-refractivity contribution in [3.8, 4) is 0 Å². The number of carbonyl (C=O) groups is 1. The third-order valence-electron chi connectivity index (χ3n) is 4.37. The largest absolute Gasteiger partial charge is 0.308 e. The lowest BCUT2D eigenvalue weighted by molar-refractivity contribution is 0.0989. The first-order valence-corrected chi connectivity index (χ1v) is 10.0. The van der Waals surface area contributed by atoms with E-state index in [1.807, 2.05) is 43.3 Å². The molecule has 1 aliphatic rings. The highest BCUT2D eigenvalue weighted by molar-refractivity contribution is 7.89. The molecule has 6 nitrogen and oxygen atoms in total. The molecule has 1 N–H and O–H groups in total. The number of anilines is 1. The number of para-hydroxylation sites is 1. The second kappa shape index (κ2) is 7.57. The van der Waals surface area contributed by atoms with Crippen molar-refractivity contribution in [1.29, 1.82) is 0 Å². The summed E-state index contributed by atoms with van der Waals surface area (Å²) in [5, 5.41) is 0. The minimum Gasteiger partial charge on any atom is -0.308 e. The van der Waals surface area contributed by atoms with E-state index in [2.05, 4.69) is 4.72 Å². The lowest BCUT2D eigenvalue weighted by Crippen LogP contribution is -2.32. The summed E-state index contributed by atoms with van der Waals surface area (Å²) < 4.78 is 27.5. The normalized spacial score (nSPS) is 13.9. The van der Waals surface area contributed by atoms with Gasteiger partial charge in [0.25, 0.3) is 5.91 Å². The summed E-state index contributed by atoms with van der Waals surface area (Å²) in [5.74, 6) is -0.180. The predicted octanol–water partition coefficient (Wildman–Crippen LogP) is 1.73. The molecule has 0 bridgehead atoms. The fourth-order valence-electron chi connectivity index (χ4n) is 2.99. The van der Waals surface area contributed by atoms with E-state index in [-0.39, 0.29) is 10.8 Å². The zero-order valence-corrected chi connectivity index (χ0v) is 15.8. The number of hydrogen-bond acceptors (Lipinski definition) is 4. The van der Waals surface area contributed by atoms with Crippen molar-refractivity contribution in [3.05, 3.63) is 59.7 Å². The Morgan fingerprint density at radius 3 is 2.69 bits per heavy atom. The summed E-state index contributed by atoms with van der Waals surface area (Å²) in [7, 11) is 0.110. The van der Waals surface area contributed by atoms with Gasteiger partial charge < -0.3 is 9.80 Å². The van der Waals surface area contributed by atoms with Gasteiger partial charge in [0, 0.05) is 30.9 Å². The molecule has 2 aromatic carbocycles. The Bertz CT molecular complexity index is 910. The number of benzene rings is 2. The van der Waals surface area contributed by atoms with E-state index in [1.165, 1.54) is 12.1 Å². The van der Waals surface area contributed by atoms with E-state index < -0.39 is 10.0 Å². The van der Waals surface area contributed by atoms with Gasteiger partial charge in [0.05, 0.1) is 4.90 Å². The fraction of sp³-hybridized carbons (Fsp3) is 0.316. The topological polar surface area (TPSA) is 69.7 Å². The molecule has 0 saturated carbocycles. The van der Waals surface area contributed by atoms with Gasteiger partial charge in [0.1, 0.15) is 0 Å². The van der Waals surface area contributed by atoms with E-state index in [0.29, 0.717) is 25.2 Å². The monoisotopic (exact) mass is 373 g/mol. The fourth-order valence-corrected chi connectivity index (χ4v) is 4.05. The molecule has 1 heterocycles. The van der Waals surface area contributed by atoms with Crippen LogP contribution in [0.25, 0.3) is 0 Å². The number of nitrogens with one attached hydrogen (secondary N) is 1. The summed E-state index contributed by atoms with van der Waals surface area (Å²) in [6.07, 6.45) is 0.812. The Labute approximate surface area is 154 Å². The lowest BCUT2D eigenvalue weighted by Gasteiger charge is -2.18. The smallest absolute Gasteiger partial charge is 0.258 e. The van der Waals surface area contributed by atoms with Crippen LogP contribution in [-0.2, 0) is 16.4 Å². The van der Waals surface area contributed by atoms with Gasteiger partial charge in [-0.25, -0.2) is 13.1 Å². The minimum absolute atomic E-state index is 0.106. The second-order valence-corrected chi connectivity index (χ2v) is 8.33. The summed E-state index contributed by atoms with van der Waals surface area (Å²) >= 11 is 0.